The van der Waals surface area contributed by atoms with Crippen molar-refractivity contribution in [3.63, 3.8) is 0 Å². The maximum Gasteiger partial charge on any atom is 0.223 e. The summed E-state index contributed by atoms with van der Waals surface area (Å²) in [7, 11) is 0. The van der Waals surface area contributed by atoms with Gasteiger partial charge in [0.15, 0.2) is 0 Å². The van der Waals surface area contributed by atoms with Crippen LogP contribution in [0.15, 0.2) is 24.3 Å². The maximum absolute atomic E-state index is 11.9. The molecule has 0 spiro atoms. The number of hydrogen-bond acceptors (Lipinski definition) is 1. The largest absolute Gasteiger partial charge is 0.355 e. The first-order valence-electron chi connectivity index (χ1n) is 6.05. The van der Waals surface area contributed by atoms with Gasteiger partial charge in [-0.3, -0.25) is 4.79 Å². The second kappa shape index (κ2) is 5.54. The van der Waals surface area contributed by atoms with E-state index < -0.39 is 0 Å². The normalized spacial score (nSPS) is 13.7. The number of benzene rings is 1. The number of nitrogens with one attached hydrogen (secondary N) is 1. The Bertz CT molecular complexity index is 442. The standard InChI is InChI=1S/C15H17NO/c1-2-3-6-9-16-15(17)14-10-12-7-4-5-8-13(12)11-14/h4-5,7-8,14H,6,9-11H2,1H3,(H,16,17). The van der Waals surface area contributed by atoms with E-state index in [0.29, 0.717) is 6.54 Å². The van der Waals surface area contributed by atoms with Gasteiger partial charge in [0.05, 0.1) is 0 Å². The van der Waals surface area contributed by atoms with E-state index in [1.807, 2.05) is 19.1 Å². The molecule has 0 unspecified atom stereocenters. The van der Waals surface area contributed by atoms with Gasteiger partial charge in [0.25, 0.3) is 0 Å². The third-order valence-electron chi connectivity index (χ3n) is 3.15. The molecule has 1 aliphatic rings. The molecule has 2 nitrogen and oxygen atoms in total. The topological polar surface area (TPSA) is 29.1 Å². The summed E-state index contributed by atoms with van der Waals surface area (Å²) in [5.74, 6) is 6.05. The first kappa shape index (κ1) is 11.7. The number of fused-ring (bicyclic) bond motifs is 1. The number of amides is 1. The molecule has 1 aliphatic carbocycles. The minimum atomic E-state index is 0.113. The third kappa shape index (κ3) is 2.88. The minimum absolute atomic E-state index is 0.113. The fourth-order valence-corrected chi connectivity index (χ4v) is 2.26. The predicted molar refractivity (Wildman–Crippen MR) is 68.4 cm³/mol. The molecule has 1 aromatic carbocycles. The molecule has 17 heavy (non-hydrogen) atoms. The number of carbonyl (C=O) groups excluding carboxylic acids is 1. The Morgan fingerprint density at radius 1 is 1.35 bits per heavy atom. The van der Waals surface area contributed by atoms with E-state index in [1.54, 1.807) is 0 Å². The van der Waals surface area contributed by atoms with Gasteiger partial charge < -0.3 is 5.32 Å². The monoisotopic (exact) mass is 227 g/mol. The van der Waals surface area contributed by atoms with Gasteiger partial charge in [-0.05, 0) is 30.9 Å². The molecule has 88 valence electrons. The quantitative estimate of drug-likeness (QED) is 0.620. The Labute approximate surface area is 102 Å². The van der Waals surface area contributed by atoms with Gasteiger partial charge in [-0.2, -0.15) is 0 Å². The van der Waals surface area contributed by atoms with Crippen molar-refractivity contribution in [2.75, 3.05) is 6.54 Å². The fraction of sp³-hybridized carbons (Fsp3) is 0.400. The highest BCUT2D eigenvalue weighted by molar-refractivity contribution is 5.80. The van der Waals surface area contributed by atoms with Crippen molar-refractivity contribution in [2.24, 2.45) is 5.92 Å². The van der Waals surface area contributed by atoms with E-state index in [4.69, 9.17) is 0 Å². The van der Waals surface area contributed by atoms with Gasteiger partial charge in [0.1, 0.15) is 0 Å². The van der Waals surface area contributed by atoms with Crippen molar-refractivity contribution in [1.29, 1.82) is 0 Å². The van der Waals surface area contributed by atoms with Crippen molar-refractivity contribution in [3.8, 4) is 11.8 Å². The molecule has 0 radical (unpaired) electrons. The highest BCUT2D eigenvalue weighted by Gasteiger charge is 2.26. The van der Waals surface area contributed by atoms with Crippen LogP contribution in [0.1, 0.15) is 24.5 Å². The summed E-state index contributed by atoms with van der Waals surface area (Å²) in [5.41, 5.74) is 2.64. The van der Waals surface area contributed by atoms with Crippen LogP contribution in [-0.4, -0.2) is 12.5 Å². The van der Waals surface area contributed by atoms with Crippen LogP contribution in [-0.2, 0) is 17.6 Å². The molecule has 0 saturated carbocycles. The van der Waals surface area contributed by atoms with Gasteiger partial charge in [0.2, 0.25) is 5.91 Å². The lowest BCUT2D eigenvalue weighted by Crippen LogP contribution is -2.31. The summed E-state index contributed by atoms with van der Waals surface area (Å²) in [6.45, 7) is 2.47. The zero-order valence-electron chi connectivity index (χ0n) is 10.1. The average molecular weight is 227 g/mol. The number of rotatable bonds is 3. The minimum Gasteiger partial charge on any atom is -0.355 e. The van der Waals surface area contributed by atoms with Crippen LogP contribution in [0.4, 0.5) is 0 Å². The smallest absolute Gasteiger partial charge is 0.223 e. The highest BCUT2D eigenvalue weighted by Crippen LogP contribution is 2.26. The zero-order chi connectivity index (χ0) is 12.1. The molecule has 1 N–H and O–H groups in total. The Kier molecular flexibility index (Phi) is 3.82. The second-order valence-electron chi connectivity index (χ2n) is 4.34. The highest BCUT2D eigenvalue weighted by atomic mass is 16.1. The van der Waals surface area contributed by atoms with Gasteiger partial charge in [-0.1, -0.05) is 24.3 Å². The van der Waals surface area contributed by atoms with E-state index in [9.17, 15) is 4.79 Å². The summed E-state index contributed by atoms with van der Waals surface area (Å²) >= 11 is 0. The van der Waals surface area contributed by atoms with Crippen LogP contribution in [0.2, 0.25) is 0 Å². The fourth-order valence-electron chi connectivity index (χ4n) is 2.26. The Hall–Kier alpha value is -1.75. The Morgan fingerprint density at radius 2 is 2.00 bits per heavy atom. The van der Waals surface area contributed by atoms with Gasteiger partial charge in [0, 0.05) is 18.9 Å². The first-order chi connectivity index (χ1) is 8.31. The zero-order valence-corrected chi connectivity index (χ0v) is 10.1. The van der Waals surface area contributed by atoms with Crippen LogP contribution >= 0.6 is 0 Å². The molecular weight excluding hydrogens is 210 g/mol. The lowest BCUT2D eigenvalue weighted by atomic mass is 10.1. The van der Waals surface area contributed by atoms with E-state index in [1.165, 1.54) is 11.1 Å². The molecule has 0 aliphatic heterocycles. The first-order valence-corrected chi connectivity index (χ1v) is 6.05. The molecule has 0 fully saturated rings. The van der Waals surface area contributed by atoms with Crippen molar-refractivity contribution in [2.45, 2.75) is 26.2 Å². The second-order valence-corrected chi connectivity index (χ2v) is 4.34. The van der Waals surface area contributed by atoms with Crippen molar-refractivity contribution in [3.05, 3.63) is 35.4 Å². The summed E-state index contributed by atoms with van der Waals surface area (Å²) in [6, 6.07) is 8.31. The van der Waals surface area contributed by atoms with E-state index in [0.717, 1.165) is 19.3 Å². The Balaban J connectivity index is 1.85. The summed E-state index contributed by atoms with van der Waals surface area (Å²) in [4.78, 5) is 11.9. The molecular formula is C15H17NO. The lowest BCUT2D eigenvalue weighted by Gasteiger charge is -2.08. The lowest BCUT2D eigenvalue weighted by molar-refractivity contribution is -0.124. The number of hydrogen-bond donors (Lipinski definition) is 1. The predicted octanol–water partition coefficient (Wildman–Crippen LogP) is 1.93. The maximum atomic E-state index is 11.9. The van der Waals surface area contributed by atoms with E-state index in [-0.39, 0.29) is 11.8 Å². The van der Waals surface area contributed by atoms with Crippen LogP contribution in [0.25, 0.3) is 0 Å². The number of carbonyl (C=O) groups is 1. The van der Waals surface area contributed by atoms with Gasteiger partial charge in [-0.15, -0.1) is 11.8 Å². The molecule has 2 heteroatoms. The molecule has 0 heterocycles. The molecule has 1 amide bonds. The molecule has 0 atom stereocenters. The van der Waals surface area contributed by atoms with E-state index >= 15 is 0 Å². The summed E-state index contributed by atoms with van der Waals surface area (Å²) in [5, 5.41) is 2.95. The molecule has 0 aromatic heterocycles. The van der Waals surface area contributed by atoms with Gasteiger partial charge >= 0.3 is 0 Å². The molecule has 1 aromatic rings. The third-order valence-corrected chi connectivity index (χ3v) is 3.15. The summed E-state index contributed by atoms with van der Waals surface area (Å²) in [6.07, 6.45) is 2.49. The SMILES string of the molecule is CC#CCCNC(=O)C1Cc2ccccc2C1. The Morgan fingerprint density at radius 3 is 2.59 bits per heavy atom. The van der Waals surface area contributed by atoms with Crippen molar-refractivity contribution >= 4 is 5.91 Å². The van der Waals surface area contributed by atoms with Crippen LogP contribution in [0.3, 0.4) is 0 Å². The summed E-state index contributed by atoms with van der Waals surface area (Å²) < 4.78 is 0. The van der Waals surface area contributed by atoms with Crippen molar-refractivity contribution < 1.29 is 4.79 Å². The van der Waals surface area contributed by atoms with Crippen LogP contribution in [0.5, 0.6) is 0 Å². The molecule has 0 bridgehead atoms. The van der Waals surface area contributed by atoms with E-state index in [2.05, 4.69) is 29.3 Å². The van der Waals surface area contributed by atoms with Crippen LogP contribution in [0, 0.1) is 17.8 Å². The van der Waals surface area contributed by atoms with Crippen molar-refractivity contribution in [1.82, 2.24) is 5.32 Å². The van der Waals surface area contributed by atoms with Crippen LogP contribution < -0.4 is 5.32 Å². The molecule has 2 rings (SSSR count). The molecule has 0 saturated heterocycles. The average Bonchev–Trinajstić information content (AvgIpc) is 2.78. The van der Waals surface area contributed by atoms with Gasteiger partial charge in [-0.25, -0.2) is 0 Å².